The summed E-state index contributed by atoms with van der Waals surface area (Å²) in [5.41, 5.74) is 9.15. The number of furan rings is 1. The van der Waals surface area contributed by atoms with Gasteiger partial charge in [0.1, 0.15) is 11.2 Å². The summed E-state index contributed by atoms with van der Waals surface area (Å²) in [6.07, 6.45) is 0. The van der Waals surface area contributed by atoms with Crippen molar-refractivity contribution in [2.45, 2.75) is 0 Å². The summed E-state index contributed by atoms with van der Waals surface area (Å²) < 4.78 is 9.26. The normalized spacial score (nSPS) is 12.0. The Labute approximate surface area is 292 Å². The minimum Gasteiger partial charge on any atom is -0.455 e. The lowest BCUT2D eigenvalue weighted by molar-refractivity contribution is 0.670. The van der Waals surface area contributed by atoms with E-state index in [0.717, 1.165) is 22.3 Å². The highest BCUT2D eigenvalue weighted by Crippen LogP contribution is 2.48. The first kappa shape index (κ1) is 27.7. The van der Waals surface area contributed by atoms with E-state index in [1.54, 1.807) is 0 Å². The second kappa shape index (κ2) is 10.6. The molecule has 0 unspecified atom stereocenters. The molecule has 232 valence electrons. The van der Waals surface area contributed by atoms with Gasteiger partial charge in [-0.3, -0.25) is 0 Å². The number of para-hydroxylation sites is 1. The number of hydrogen-bond acceptors (Lipinski definition) is 2. The third kappa shape index (κ3) is 4.00. The molecule has 0 spiro atoms. The van der Waals surface area contributed by atoms with E-state index in [0.29, 0.717) is 0 Å². The van der Waals surface area contributed by atoms with Crippen molar-refractivity contribution in [1.29, 1.82) is 0 Å². The quantitative estimate of drug-likeness (QED) is 0.173. The molecular formula is C48H28OS. The average Bonchev–Trinajstić information content (AvgIpc) is 3.75. The fraction of sp³-hybridized carbons (Fsp3) is 0. The third-order valence-electron chi connectivity index (χ3n) is 10.4. The summed E-state index contributed by atoms with van der Waals surface area (Å²) in [5.74, 6) is 0. The zero-order valence-corrected chi connectivity index (χ0v) is 27.8. The lowest BCUT2D eigenvalue weighted by atomic mass is 9.85. The zero-order valence-electron chi connectivity index (χ0n) is 27.0. The maximum atomic E-state index is 6.68. The van der Waals surface area contributed by atoms with Crippen molar-refractivity contribution in [3.63, 3.8) is 0 Å². The minimum absolute atomic E-state index is 0.924. The first-order chi connectivity index (χ1) is 24.8. The van der Waals surface area contributed by atoms with Crippen LogP contribution in [0.15, 0.2) is 174 Å². The van der Waals surface area contributed by atoms with Gasteiger partial charge in [0, 0.05) is 36.5 Å². The molecule has 0 aliphatic rings. The summed E-state index contributed by atoms with van der Waals surface area (Å²) in [6.45, 7) is 0. The predicted molar refractivity (Wildman–Crippen MR) is 215 cm³/mol. The second-order valence-corrected chi connectivity index (χ2v) is 14.3. The molecule has 0 saturated carbocycles. The maximum Gasteiger partial charge on any atom is 0.143 e. The number of thiophene rings is 1. The van der Waals surface area contributed by atoms with Gasteiger partial charge in [-0.25, -0.2) is 0 Å². The summed E-state index contributed by atoms with van der Waals surface area (Å²) >= 11 is 1.86. The van der Waals surface area contributed by atoms with E-state index in [4.69, 9.17) is 4.42 Å². The van der Waals surface area contributed by atoms with Gasteiger partial charge in [-0.2, -0.15) is 0 Å². The Hall–Kier alpha value is -6.22. The van der Waals surface area contributed by atoms with Crippen LogP contribution in [0.1, 0.15) is 0 Å². The van der Waals surface area contributed by atoms with Gasteiger partial charge in [0.25, 0.3) is 0 Å². The molecule has 0 aliphatic carbocycles. The molecule has 2 heteroatoms. The Morgan fingerprint density at radius 1 is 0.360 bits per heavy atom. The first-order valence-corrected chi connectivity index (χ1v) is 17.9. The van der Waals surface area contributed by atoms with Crippen molar-refractivity contribution in [3.05, 3.63) is 170 Å². The third-order valence-corrected chi connectivity index (χ3v) is 11.6. The van der Waals surface area contributed by atoms with Crippen LogP contribution in [0.25, 0.3) is 108 Å². The molecule has 0 N–H and O–H groups in total. The SMILES string of the molecule is c1ccc2cc(-c3c4ccccc4c(-c4ccc(-c5cc6sc7ccccc7c6c6c5oc5ccccc56)cc4)c4ccccc34)ccc2c1. The van der Waals surface area contributed by atoms with E-state index in [-0.39, 0.29) is 0 Å². The van der Waals surface area contributed by atoms with Crippen LogP contribution in [0.4, 0.5) is 0 Å². The smallest absolute Gasteiger partial charge is 0.143 e. The Balaban J connectivity index is 1.13. The van der Waals surface area contributed by atoms with Gasteiger partial charge in [0.15, 0.2) is 0 Å². The van der Waals surface area contributed by atoms with Crippen molar-refractivity contribution < 1.29 is 4.42 Å². The minimum atomic E-state index is 0.924. The molecule has 11 rings (SSSR count). The fourth-order valence-electron chi connectivity index (χ4n) is 8.23. The van der Waals surface area contributed by atoms with Crippen LogP contribution in [0.5, 0.6) is 0 Å². The fourth-order valence-corrected chi connectivity index (χ4v) is 9.38. The summed E-state index contributed by atoms with van der Waals surface area (Å²) in [4.78, 5) is 0. The van der Waals surface area contributed by atoms with Gasteiger partial charge in [0.2, 0.25) is 0 Å². The van der Waals surface area contributed by atoms with Crippen molar-refractivity contribution in [1.82, 2.24) is 0 Å². The molecule has 1 nitrogen and oxygen atoms in total. The van der Waals surface area contributed by atoms with Gasteiger partial charge in [-0.15, -0.1) is 11.3 Å². The lowest BCUT2D eigenvalue weighted by Crippen LogP contribution is -1.91. The summed E-state index contributed by atoms with van der Waals surface area (Å²) in [5, 5.41) is 12.5. The molecule has 9 aromatic carbocycles. The number of benzene rings is 9. The highest BCUT2D eigenvalue weighted by atomic mass is 32.1. The first-order valence-electron chi connectivity index (χ1n) is 17.1. The van der Waals surface area contributed by atoms with Crippen molar-refractivity contribution in [2.75, 3.05) is 0 Å². The Kier molecular flexibility index (Phi) is 5.89. The number of rotatable bonds is 3. The molecule has 0 saturated heterocycles. The molecular weight excluding hydrogens is 625 g/mol. The Bertz CT molecular complexity index is 3080. The van der Waals surface area contributed by atoms with E-state index in [9.17, 15) is 0 Å². The monoisotopic (exact) mass is 652 g/mol. The van der Waals surface area contributed by atoms with Gasteiger partial charge in [-0.1, -0.05) is 146 Å². The lowest BCUT2D eigenvalue weighted by Gasteiger charge is -2.18. The van der Waals surface area contributed by atoms with Crippen LogP contribution >= 0.6 is 11.3 Å². The molecule has 0 aliphatic heterocycles. The molecule has 0 fully saturated rings. The molecule has 50 heavy (non-hydrogen) atoms. The van der Waals surface area contributed by atoms with E-state index >= 15 is 0 Å². The van der Waals surface area contributed by atoms with Crippen molar-refractivity contribution in [2.24, 2.45) is 0 Å². The largest absolute Gasteiger partial charge is 0.455 e. The summed E-state index contributed by atoms with van der Waals surface area (Å²) in [7, 11) is 0. The molecule has 11 aromatic rings. The zero-order chi connectivity index (χ0) is 32.8. The van der Waals surface area contributed by atoms with Crippen LogP contribution < -0.4 is 0 Å². The van der Waals surface area contributed by atoms with Crippen LogP contribution in [-0.2, 0) is 0 Å². The maximum absolute atomic E-state index is 6.68. The molecule has 0 radical (unpaired) electrons. The molecule has 0 bridgehead atoms. The standard InChI is InChI=1S/C48H28OS/c1-2-12-32-27-33(26-21-29(32)11-1)45-36-15-5-3-13-34(36)44(35-14-4-6-16-37(35)45)31-24-22-30(23-25-31)40-28-43-46(39-18-8-10-20-42(39)50-43)47-38-17-7-9-19-41(38)49-48(40)47/h1-28H. The summed E-state index contributed by atoms with van der Waals surface area (Å²) in [6, 6.07) is 61.9. The van der Waals surface area contributed by atoms with Crippen molar-refractivity contribution >= 4 is 85.8 Å². The van der Waals surface area contributed by atoms with E-state index in [1.807, 2.05) is 11.3 Å². The van der Waals surface area contributed by atoms with Crippen LogP contribution in [0, 0.1) is 0 Å². The molecule has 0 amide bonds. The second-order valence-electron chi connectivity index (χ2n) is 13.2. The Morgan fingerprint density at radius 3 is 1.62 bits per heavy atom. The van der Waals surface area contributed by atoms with Crippen LogP contribution in [0.3, 0.4) is 0 Å². The average molecular weight is 653 g/mol. The highest BCUT2D eigenvalue weighted by Gasteiger charge is 2.21. The number of hydrogen-bond donors (Lipinski definition) is 0. The number of fused-ring (bicyclic) bond motifs is 10. The predicted octanol–water partition coefficient (Wildman–Crippen LogP) is 14.4. The van der Waals surface area contributed by atoms with Gasteiger partial charge in [0.05, 0.1) is 0 Å². The molecule has 2 aromatic heterocycles. The highest BCUT2D eigenvalue weighted by molar-refractivity contribution is 7.26. The van der Waals surface area contributed by atoms with Crippen LogP contribution in [0.2, 0.25) is 0 Å². The molecule has 0 atom stereocenters. The Morgan fingerprint density at radius 2 is 0.900 bits per heavy atom. The molecule has 2 heterocycles. The topological polar surface area (TPSA) is 13.1 Å². The van der Waals surface area contributed by atoms with Gasteiger partial charge in [-0.05, 0) is 84.4 Å². The van der Waals surface area contributed by atoms with E-state index < -0.39 is 0 Å². The van der Waals surface area contributed by atoms with Crippen molar-refractivity contribution in [3.8, 4) is 33.4 Å². The van der Waals surface area contributed by atoms with E-state index in [2.05, 4.69) is 170 Å². The van der Waals surface area contributed by atoms with E-state index in [1.165, 1.54) is 85.5 Å². The van der Waals surface area contributed by atoms with Gasteiger partial charge < -0.3 is 4.42 Å². The van der Waals surface area contributed by atoms with Gasteiger partial charge >= 0.3 is 0 Å². The van der Waals surface area contributed by atoms with Crippen LogP contribution in [-0.4, -0.2) is 0 Å².